The fraction of sp³-hybridized carbons (Fsp3) is 0.143. The minimum atomic E-state index is -1.19. The van der Waals surface area contributed by atoms with Crippen LogP contribution in [0, 0.1) is 5.82 Å². The molecule has 0 saturated carbocycles. The molecular weight excluding hydrogens is 301 g/mol. The van der Waals surface area contributed by atoms with Crippen molar-refractivity contribution in [2.75, 3.05) is 0 Å². The molecule has 2 N–H and O–H groups in total. The summed E-state index contributed by atoms with van der Waals surface area (Å²) >= 11 is 5.83. The molecule has 0 saturated heterocycles. The van der Waals surface area contributed by atoms with Gasteiger partial charge in [0.05, 0.1) is 13.0 Å². The number of halogens is 2. The van der Waals surface area contributed by atoms with E-state index in [-0.39, 0.29) is 29.3 Å². The van der Waals surface area contributed by atoms with Crippen LogP contribution in [-0.4, -0.2) is 17.0 Å². The van der Waals surface area contributed by atoms with Gasteiger partial charge in [0.15, 0.2) is 0 Å². The first-order chi connectivity index (χ1) is 9.97. The Kier molecular flexibility index (Phi) is 4.59. The molecule has 2 rings (SSSR count). The number of carboxylic acids is 1. The third kappa shape index (κ3) is 3.82. The van der Waals surface area contributed by atoms with E-state index in [1.165, 1.54) is 30.3 Å². The second-order valence-corrected chi connectivity index (χ2v) is 4.63. The Hall–Kier alpha value is -2.34. The number of furan rings is 1. The van der Waals surface area contributed by atoms with E-state index < -0.39 is 17.7 Å². The lowest BCUT2D eigenvalue weighted by Crippen LogP contribution is -2.24. The van der Waals surface area contributed by atoms with E-state index in [0.717, 1.165) is 0 Å². The van der Waals surface area contributed by atoms with E-state index in [4.69, 9.17) is 21.1 Å². The maximum atomic E-state index is 13.5. The fourth-order valence-corrected chi connectivity index (χ4v) is 1.93. The maximum absolute atomic E-state index is 13.5. The van der Waals surface area contributed by atoms with Gasteiger partial charge in [-0.15, -0.1) is 0 Å². The Bertz CT molecular complexity index is 663. The Balaban J connectivity index is 1.94. The Morgan fingerprint density at radius 2 is 2.05 bits per heavy atom. The summed E-state index contributed by atoms with van der Waals surface area (Å²) in [5, 5.41) is 11.4. The average molecular weight is 312 g/mol. The monoisotopic (exact) mass is 311 g/mol. The van der Waals surface area contributed by atoms with Crippen molar-refractivity contribution in [1.29, 1.82) is 0 Å². The van der Waals surface area contributed by atoms with Crippen LogP contribution in [-0.2, 0) is 17.8 Å². The van der Waals surface area contributed by atoms with Gasteiger partial charge in [-0.1, -0.05) is 17.7 Å². The summed E-state index contributed by atoms with van der Waals surface area (Å²) in [6.07, 6.45) is -0.210. The highest BCUT2D eigenvalue weighted by Crippen LogP contribution is 2.19. The predicted octanol–water partition coefficient (Wildman–Crippen LogP) is 2.63. The minimum Gasteiger partial charge on any atom is -0.475 e. The first-order valence-corrected chi connectivity index (χ1v) is 6.36. The van der Waals surface area contributed by atoms with Gasteiger partial charge in [0, 0.05) is 10.6 Å². The van der Waals surface area contributed by atoms with Gasteiger partial charge >= 0.3 is 5.97 Å². The molecule has 0 radical (unpaired) electrons. The lowest BCUT2D eigenvalue weighted by molar-refractivity contribution is -0.120. The SMILES string of the molecule is O=C(Cc1c(F)cccc1Cl)NCc1ccc(C(=O)O)o1. The number of rotatable bonds is 5. The first kappa shape index (κ1) is 15.1. The normalized spacial score (nSPS) is 10.4. The largest absolute Gasteiger partial charge is 0.475 e. The van der Waals surface area contributed by atoms with Gasteiger partial charge in [0.25, 0.3) is 0 Å². The summed E-state index contributed by atoms with van der Waals surface area (Å²) in [5.41, 5.74) is 0.113. The molecule has 7 heteroatoms. The van der Waals surface area contributed by atoms with Crippen LogP contribution in [0.2, 0.25) is 5.02 Å². The molecule has 1 amide bonds. The first-order valence-electron chi connectivity index (χ1n) is 5.99. The van der Waals surface area contributed by atoms with Crippen LogP contribution in [0.3, 0.4) is 0 Å². The van der Waals surface area contributed by atoms with Crippen LogP contribution < -0.4 is 5.32 Å². The number of benzene rings is 1. The summed E-state index contributed by atoms with van der Waals surface area (Å²) in [4.78, 5) is 22.4. The van der Waals surface area contributed by atoms with Gasteiger partial charge in [-0.05, 0) is 24.3 Å². The number of hydrogen-bond acceptors (Lipinski definition) is 3. The van der Waals surface area contributed by atoms with Gasteiger partial charge < -0.3 is 14.8 Å². The average Bonchev–Trinajstić information content (AvgIpc) is 2.90. The van der Waals surface area contributed by atoms with Crippen molar-refractivity contribution >= 4 is 23.5 Å². The minimum absolute atomic E-state index is 0.0121. The summed E-state index contributed by atoms with van der Waals surface area (Å²) in [7, 11) is 0. The molecular formula is C14H11ClFNO4. The number of carbonyl (C=O) groups excluding carboxylic acids is 1. The van der Waals surface area contributed by atoms with Crippen LogP contribution in [0.15, 0.2) is 34.7 Å². The zero-order valence-corrected chi connectivity index (χ0v) is 11.5. The van der Waals surface area contributed by atoms with Crippen LogP contribution in [0.4, 0.5) is 4.39 Å². The molecule has 0 atom stereocenters. The second kappa shape index (κ2) is 6.41. The molecule has 0 unspecified atom stereocenters. The maximum Gasteiger partial charge on any atom is 0.371 e. The molecule has 0 fully saturated rings. The molecule has 110 valence electrons. The molecule has 1 aromatic carbocycles. The smallest absolute Gasteiger partial charge is 0.371 e. The standard InChI is InChI=1S/C14H11ClFNO4/c15-10-2-1-3-11(16)9(10)6-13(18)17-7-8-4-5-12(21-8)14(19)20/h1-5H,6-7H2,(H,17,18)(H,19,20). The molecule has 2 aromatic rings. The molecule has 0 spiro atoms. The van der Waals surface area contributed by atoms with Gasteiger partial charge in [0.2, 0.25) is 11.7 Å². The topological polar surface area (TPSA) is 79.5 Å². The van der Waals surface area contributed by atoms with Crippen molar-refractivity contribution in [1.82, 2.24) is 5.32 Å². The van der Waals surface area contributed by atoms with Crippen LogP contribution >= 0.6 is 11.6 Å². The molecule has 0 bridgehead atoms. The fourth-order valence-electron chi connectivity index (χ4n) is 1.70. The van der Waals surface area contributed by atoms with Gasteiger partial charge in [-0.25, -0.2) is 9.18 Å². The molecule has 0 aliphatic rings. The Morgan fingerprint density at radius 1 is 1.29 bits per heavy atom. The third-order valence-electron chi connectivity index (χ3n) is 2.73. The number of hydrogen-bond donors (Lipinski definition) is 2. The molecule has 1 aromatic heterocycles. The van der Waals surface area contributed by atoms with Gasteiger partial charge in [-0.3, -0.25) is 4.79 Å². The van der Waals surface area contributed by atoms with Crippen molar-refractivity contribution in [3.63, 3.8) is 0 Å². The lowest BCUT2D eigenvalue weighted by atomic mass is 10.1. The summed E-state index contributed by atoms with van der Waals surface area (Å²) in [6.45, 7) is 0.0121. The van der Waals surface area contributed by atoms with Crippen LogP contribution in [0.5, 0.6) is 0 Å². The lowest BCUT2D eigenvalue weighted by Gasteiger charge is -2.06. The highest BCUT2D eigenvalue weighted by molar-refractivity contribution is 6.31. The van der Waals surface area contributed by atoms with Crippen LogP contribution in [0.25, 0.3) is 0 Å². The molecule has 21 heavy (non-hydrogen) atoms. The van der Waals surface area contributed by atoms with Crippen molar-refractivity contribution in [2.24, 2.45) is 0 Å². The van der Waals surface area contributed by atoms with E-state index >= 15 is 0 Å². The second-order valence-electron chi connectivity index (χ2n) is 4.22. The van der Waals surface area contributed by atoms with E-state index in [1.54, 1.807) is 0 Å². The van der Waals surface area contributed by atoms with Crippen molar-refractivity contribution in [3.8, 4) is 0 Å². The van der Waals surface area contributed by atoms with Crippen molar-refractivity contribution in [3.05, 3.63) is 58.3 Å². The van der Waals surface area contributed by atoms with E-state index in [0.29, 0.717) is 5.76 Å². The highest BCUT2D eigenvalue weighted by atomic mass is 35.5. The van der Waals surface area contributed by atoms with Gasteiger partial charge in [0.1, 0.15) is 11.6 Å². The molecule has 5 nitrogen and oxygen atoms in total. The number of aromatic carboxylic acids is 1. The van der Waals surface area contributed by atoms with E-state index in [2.05, 4.69) is 5.32 Å². The molecule has 0 aliphatic heterocycles. The zero-order valence-electron chi connectivity index (χ0n) is 10.7. The predicted molar refractivity (Wildman–Crippen MR) is 72.6 cm³/mol. The van der Waals surface area contributed by atoms with Gasteiger partial charge in [-0.2, -0.15) is 0 Å². The zero-order chi connectivity index (χ0) is 15.4. The number of nitrogens with one attached hydrogen (secondary N) is 1. The third-order valence-corrected chi connectivity index (χ3v) is 3.09. The number of amides is 1. The van der Waals surface area contributed by atoms with Crippen molar-refractivity contribution < 1.29 is 23.5 Å². The van der Waals surface area contributed by atoms with Crippen molar-refractivity contribution in [2.45, 2.75) is 13.0 Å². The Morgan fingerprint density at radius 3 is 2.67 bits per heavy atom. The molecule has 0 aliphatic carbocycles. The quantitative estimate of drug-likeness (QED) is 0.889. The number of carbonyl (C=O) groups is 2. The highest BCUT2D eigenvalue weighted by Gasteiger charge is 2.13. The van der Waals surface area contributed by atoms with E-state index in [9.17, 15) is 14.0 Å². The Labute approximate surface area is 124 Å². The van der Waals surface area contributed by atoms with E-state index in [1.807, 2.05) is 0 Å². The molecule has 1 heterocycles. The summed E-state index contributed by atoms with van der Waals surface area (Å²) < 4.78 is 18.5. The summed E-state index contributed by atoms with van der Waals surface area (Å²) in [5.74, 6) is -2.11. The summed E-state index contributed by atoms with van der Waals surface area (Å²) in [6, 6.07) is 6.91. The van der Waals surface area contributed by atoms with Crippen LogP contribution in [0.1, 0.15) is 21.9 Å². The number of carboxylic acid groups (broad SMARTS) is 1.